The van der Waals surface area contributed by atoms with Crippen molar-refractivity contribution in [1.82, 2.24) is 0 Å². The van der Waals surface area contributed by atoms with Crippen LogP contribution in [0.15, 0.2) is 12.1 Å². The number of aromatic carboxylic acids is 1. The molecule has 3 heteroatoms. The van der Waals surface area contributed by atoms with Gasteiger partial charge in [-0.2, -0.15) is 0 Å². The second-order valence-electron chi connectivity index (χ2n) is 3.84. The Labute approximate surface area is 89.7 Å². The van der Waals surface area contributed by atoms with Crippen LogP contribution in [0.2, 0.25) is 0 Å². The highest BCUT2D eigenvalue weighted by molar-refractivity contribution is 5.90. The van der Waals surface area contributed by atoms with E-state index in [-0.39, 0.29) is 5.92 Å². The minimum Gasteiger partial charge on any atom is -0.496 e. The summed E-state index contributed by atoms with van der Waals surface area (Å²) >= 11 is 0. The van der Waals surface area contributed by atoms with Crippen LogP contribution in [0.1, 0.15) is 41.3 Å². The van der Waals surface area contributed by atoms with E-state index in [4.69, 9.17) is 9.84 Å². The Morgan fingerprint density at radius 1 is 1.40 bits per heavy atom. The minimum atomic E-state index is -0.906. The van der Waals surface area contributed by atoms with Gasteiger partial charge in [0, 0.05) is 5.56 Å². The van der Waals surface area contributed by atoms with Gasteiger partial charge in [-0.25, -0.2) is 4.79 Å². The second kappa shape index (κ2) is 4.34. The molecular weight excluding hydrogens is 192 g/mol. The van der Waals surface area contributed by atoms with Crippen LogP contribution in [0, 0.1) is 6.92 Å². The average Bonchev–Trinajstić information content (AvgIpc) is 2.16. The van der Waals surface area contributed by atoms with Crippen LogP contribution < -0.4 is 4.74 Å². The second-order valence-corrected chi connectivity index (χ2v) is 3.84. The van der Waals surface area contributed by atoms with Crippen molar-refractivity contribution in [2.45, 2.75) is 26.7 Å². The lowest BCUT2D eigenvalue weighted by Crippen LogP contribution is -2.07. The molecule has 0 aliphatic heterocycles. The number of rotatable bonds is 3. The summed E-state index contributed by atoms with van der Waals surface area (Å²) in [6, 6.07) is 3.41. The van der Waals surface area contributed by atoms with Crippen molar-refractivity contribution in [3.05, 3.63) is 28.8 Å². The Bertz CT molecular complexity index is 381. The van der Waals surface area contributed by atoms with Gasteiger partial charge in [0.25, 0.3) is 0 Å². The van der Waals surface area contributed by atoms with Gasteiger partial charge in [0.2, 0.25) is 0 Å². The van der Waals surface area contributed by atoms with Crippen LogP contribution in [-0.4, -0.2) is 18.2 Å². The van der Waals surface area contributed by atoms with Gasteiger partial charge < -0.3 is 9.84 Å². The number of hydrogen-bond donors (Lipinski definition) is 1. The molecule has 3 nitrogen and oxygen atoms in total. The number of ether oxygens (including phenoxy) is 1. The zero-order valence-corrected chi connectivity index (χ0v) is 9.50. The van der Waals surface area contributed by atoms with Crippen LogP contribution in [0.5, 0.6) is 5.75 Å². The van der Waals surface area contributed by atoms with Crippen molar-refractivity contribution in [2.75, 3.05) is 7.11 Å². The van der Waals surface area contributed by atoms with Crippen LogP contribution in [0.25, 0.3) is 0 Å². The maximum absolute atomic E-state index is 11.1. The van der Waals surface area contributed by atoms with Gasteiger partial charge in [-0.3, -0.25) is 0 Å². The van der Waals surface area contributed by atoms with Gasteiger partial charge in [-0.1, -0.05) is 19.9 Å². The molecule has 0 fully saturated rings. The number of hydrogen-bond acceptors (Lipinski definition) is 2. The summed E-state index contributed by atoms with van der Waals surface area (Å²) in [5.41, 5.74) is 2.06. The maximum atomic E-state index is 11.1. The van der Waals surface area contributed by atoms with Gasteiger partial charge in [-0.15, -0.1) is 0 Å². The largest absolute Gasteiger partial charge is 0.496 e. The number of benzene rings is 1. The fraction of sp³-hybridized carbons (Fsp3) is 0.417. The monoisotopic (exact) mass is 208 g/mol. The van der Waals surface area contributed by atoms with Crippen molar-refractivity contribution in [3.8, 4) is 5.75 Å². The topological polar surface area (TPSA) is 46.5 Å². The van der Waals surface area contributed by atoms with Crippen LogP contribution in [-0.2, 0) is 0 Å². The molecule has 0 unspecified atom stereocenters. The van der Waals surface area contributed by atoms with Gasteiger partial charge in [0.15, 0.2) is 0 Å². The molecule has 1 N–H and O–H groups in total. The van der Waals surface area contributed by atoms with Crippen LogP contribution in [0.4, 0.5) is 0 Å². The lowest BCUT2D eigenvalue weighted by atomic mass is 9.94. The third kappa shape index (κ3) is 2.12. The molecule has 0 aliphatic carbocycles. The zero-order valence-electron chi connectivity index (χ0n) is 9.50. The number of carbonyl (C=O) groups is 1. The molecule has 0 aromatic heterocycles. The Morgan fingerprint density at radius 3 is 2.40 bits per heavy atom. The SMILES string of the molecule is COc1c(C)ccc(C(=O)O)c1C(C)C. The zero-order chi connectivity index (χ0) is 11.6. The highest BCUT2D eigenvalue weighted by Gasteiger charge is 2.18. The van der Waals surface area contributed by atoms with Crippen LogP contribution >= 0.6 is 0 Å². The molecule has 0 saturated carbocycles. The maximum Gasteiger partial charge on any atom is 0.336 e. The summed E-state index contributed by atoms with van der Waals surface area (Å²) in [6.45, 7) is 5.84. The smallest absolute Gasteiger partial charge is 0.336 e. The third-order valence-electron chi connectivity index (χ3n) is 2.40. The Morgan fingerprint density at radius 2 is 2.00 bits per heavy atom. The van der Waals surface area contributed by atoms with Gasteiger partial charge in [0.05, 0.1) is 12.7 Å². The van der Waals surface area contributed by atoms with E-state index in [0.29, 0.717) is 11.3 Å². The molecule has 0 bridgehead atoms. The van der Waals surface area contributed by atoms with Crippen LogP contribution in [0.3, 0.4) is 0 Å². The normalized spacial score (nSPS) is 10.5. The molecule has 1 rings (SSSR count). The highest BCUT2D eigenvalue weighted by Crippen LogP contribution is 2.32. The molecular formula is C12H16O3. The quantitative estimate of drug-likeness (QED) is 0.830. The third-order valence-corrected chi connectivity index (χ3v) is 2.40. The Balaban J connectivity index is 3.49. The van der Waals surface area contributed by atoms with Gasteiger partial charge in [0.1, 0.15) is 5.75 Å². The standard InChI is InChI=1S/C12H16O3/c1-7(2)10-9(12(13)14)6-5-8(3)11(10)15-4/h5-7H,1-4H3,(H,13,14). The fourth-order valence-corrected chi connectivity index (χ4v) is 1.74. The van der Waals surface area contributed by atoms with Crippen molar-refractivity contribution >= 4 is 5.97 Å². The predicted octanol–water partition coefficient (Wildman–Crippen LogP) is 2.83. The number of methoxy groups -OCH3 is 1. The van der Waals surface area contributed by atoms with E-state index in [9.17, 15) is 4.79 Å². The van der Waals surface area contributed by atoms with E-state index in [1.54, 1.807) is 19.2 Å². The molecule has 0 saturated heterocycles. The summed E-state index contributed by atoms with van der Waals surface area (Å²) < 4.78 is 5.26. The lowest BCUT2D eigenvalue weighted by molar-refractivity contribution is 0.0694. The molecule has 0 aliphatic rings. The summed E-state index contributed by atoms with van der Waals surface area (Å²) in [6.07, 6.45) is 0. The lowest BCUT2D eigenvalue weighted by Gasteiger charge is -2.16. The molecule has 0 amide bonds. The van der Waals surface area contributed by atoms with Crippen molar-refractivity contribution in [1.29, 1.82) is 0 Å². The van der Waals surface area contributed by atoms with E-state index in [0.717, 1.165) is 11.1 Å². The predicted molar refractivity (Wildman–Crippen MR) is 58.8 cm³/mol. The molecule has 0 atom stereocenters. The summed E-state index contributed by atoms with van der Waals surface area (Å²) in [7, 11) is 1.57. The van der Waals surface area contributed by atoms with Gasteiger partial charge >= 0.3 is 5.97 Å². The van der Waals surface area contributed by atoms with E-state index in [1.807, 2.05) is 20.8 Å². The van der Waals surface area contributed by atoms with E-state index in [1.165, 1.54) is 0 Å². The summed E-state index contributed by atoms with van der Waals surface area (Å²) in [5.74, 6) is -0.0900. The Hall–Kier alpha value is -1.51. The first-order chi connectivity index (χ1) is 6.99. The van der Waals surface area contributed by atoms with E-state index < -0.39 is 5.97 Å². The summed E-state index contributed by atoms with van der Waals surface area (Å²) in [4.78, 5) is 11.1. The fourth-order valence-electron chi connectivity index (χ4n) is 1.74. The molecule has 82 valence electrons. The molecule has 0 heterocycles. The molecule has 1 aromatic rings. The summed E-state index contributed by atoms with van der Waals surface area (Å²) in [5, 5.41) is 9.07. The molecule has 1 aromatic carbocycles. The minimum absolute atomic E-state index is 0.131. The Kier molecular flexibility index (Phi) is 3.35. The van der Waals surface area contributed by atoms with Gasteiger partial charge in [-0.05, 0) is 24.5 Å². The van der Waals surface area contributed by atoms with E-state index in [2.05, 4.69) is 0 Å². The first-order valence-electron chi connectivity index (χ1n) is 4.89. The molecule has 0 radical (unpaired) electrons. The highest BCUT2D eigenvalue weighted by atomic mass is 16.5. The van der Waals surface area contributed by atoms with Crippen molar-refractivity contribution < 1.29 is 14.6 Å². The number of carboxylic acids is 1. The van der Waals surface area contributed by atoms with Crippen molar-refractivity contribution in [2.24, 2.45) is 0 Å². The number of aryl methyl sites for hydroxylation is 1. The van der Waals surface area contributed by atoms with Crippen molar-refractivity contribution in [3.63, 3.8) is 0 Å². The molecule has 0 spiro atoms. The van der Waals surface area contributed by atoms with E-state index >= 15 is 0 Å². The first-order valence-corrected chi connectivity index (χ1v) is 4.89. The number of carboxylic acid groups (broad SMARTS) is 1. The first kappa shape index (κ1) is 11.6. The average molecular weight is 208 g/mol. The molecule has 15 heavy (non-hydrogen) atoms.